The molecule has 1 unspecified atom stereocenters. The van der Waals surface area contributed by atoms with Crippen LogP contribution in [0.15, 0.2) is 48.5 Å². The van der Waals surface area contributed by atoms with Crippen LogP contribution in [-0.2, 0) is 22.2 Å². The molecule has 1 aliphatic rings. The predicted molar refractivity (Wildman–Crippen MR) is 142 cm³/mol. The number of benzene rings is 2. The van der Waals surface area contributed by atoms with Crippen molar-refractivity contribution < 1.29 is 24.0 Å². The molecular weight excluding hydrogens is 428 g/mol. The van der Waals surface area contributed by atoms with Crippen molar-refractivity contribution >= 4 is 22.5 Å². The van der Waals surface area contributed by atoms with Gasteiger partial charge in [-0.05, 0) is 53.8 Å². The summed E-state index contributed by atoms with van der Waals surface area (Å²) in [5, 5.41) is 23.6. The van der Waals surface area contributed by atoms with Gasteiger partial charge < -0.3 is 24.8 Å². The quantitative estimate of drug-likeness (QED) is 0.435. The van der Waals surface area contributed by atoms with Crippen LogP contribution in [0.4, 0.5) is 5.69 Å². The third kappa shape index (κ3) is 4.10. The average molecular weight is 471 g/mol. The fourth-order valence-electron chi connectivity index (χ4n) is 5.18. The van der Waals surface area contributed by atoms with Gasteiger partial charge >= 0.3 is 0 Å². The van der Waals surface area contributed by atoms with Crippen molar-refractivity contribution in [2.75, 3.05) is 19.0 Å². The number of methoxy groups -OCH3 is 1. The molecule has 0 aliphatic heterocycles. The standard InChI is InChI=1S/C28H36N2O4.3H2/c1-26(2,3)24-14-18-13-20(9-12-23(18)30(24)15-21(32)16-31)29-25(33)28(17-27(28,4)5)19-7-10-22(34-6)11-8-19;;;/h7-14,21,31-32H,15-17H2,1-6H3,(H,29,33);3*1H/t21-,28?;;;/m1.../s1. The van der Waals surface area contributed by atoms with Crippen LogP contribution in [0.3, 0.4) is 0 Å². The highest BCUT2D eigenvalue weighted by Crippen LogP contribution is 2.64. The molecule has 3 aromatic rings. The lowest BCUT2D eigenvalue weighted by molar-refractivity contribution is -0.119. The van der Waals surface area contributed by atoms with Crippen LogP contribution in [0.25, 0.3) is 10.9 Å². The van der Waals surface area contributed by atoms with Gasteiger partial charge in [-0.2, -0.15) is 0 Å². The van der Waals surface area contributed by atoms with Gasteiger partial charge in [-0.25, -0.2) is 0 Å². The van der Waals surface area contributed by atoms with Crippen LogP contribution in [0.5, 0.6) is 5.75 Å². The zero-order valence-electron chi connectivity index (χ0n) is 21.0. The molecule has 1 aliphatic carbocycles. The number of ether oxygens (including phenoxy) is 1. The lowest BCUT2D eigenvalue weighted by atomic mass is 9.87. The number of fused-ring (bicyclic) bond motifs is 1. The molecule has 1 saturated carbocycles. The van der Waals surface area contributed by atoms with Gasteiger partial charge in [0.1, 0.15) is 5.75 Å². The zero-order valence-corrected chi connectivity index (χ0v) is 21.0. The first-order valence-electron chi connectivity index (χ1n) is 11.8. The molecule has 0 radical (unpaired) electrons. The number of aliphatic hydroxyl groups is 2. The molecule has 1 fully saturated rings. The Labute approximate surface area is 206 Å². The van der Waals surface area contributed by atoms with Gasteiger partial charge in [-0.3, -0.25) is 4.79 Å². The Morgan fingerprint density at radius 2 is 1.82 bits per heavy atom. The van der Waals surface area contributed by atoms with Crippen molar-refractivity contribution in [2.45, 2.75) is 64.5 Å². The second-order valence-electron chi connectivity index (χ2n) is 11.1. The van der Waals surface area contributed by atoms with E-state index in [1.165, 1.54) is 0 Å². The Morgan fingerprint density at radius 1 is 1.18 bits per heavy atom. The minimum atomic E-state index is -0.836. The third-order valence-electron chi connectivity index (χ3n) is 7.24. The summed E-state index contributed by atoms with van der Waals surface area (Å²) in [4.78, 5) is 13.6. The number of aliphatic hydroxyl groups excluding tert-OH is 2. The Balaban J connectivity index is 0.00000228. The topological polar surface area (TPSA) is 83.7 Å². The van der Waals surface area contributed by atoms with E-state index in [9.17, 15) is 15.0 Å². The summed E-state index contributed by atoms with van der Waals surface area (Å²) < 4.78 is 7.35. The largest absolute Gasteiger partial charge is 0.497 e. The Hall–Kier alpha value is -2.83. The van der Waals surface area contributed by atoms with Crippen molar-refractivity contribution in [1.82, 2.24) is 4.57 Å². The molecule has 2 aromatic carbocycles. The summed E-state index contributed by atoms with van der Waals surface area (Å²) in [7, 11) is 1.64. The van der Waals surface area contributed by atoms with Gasteiger partial charge in [0.05, 0.1) is 31.8 Å². The number of anilines is 1. The monoisotopic (exact) mass is 470 g/mol. The normalized spacial score (nSPS) is 20.2. The number of aromatic nitrogens is 1. The first-order valence-corrected chi connectivity index (χ1v) is 11.8. The number of nitrogens with one attached hydrogen (secondary N) is 1. The highest BCUT2D eigenvalue weighted by molar-refractivity contribution is 6.03. The molecule has 0 bridgehead atoms. The second-order valence-corrected chi connectivity index (χ2v) is 11.1. The number of hydrogen-bond acceptors (Lipinski definition) is 4. The lowest BCUT2D eigenvalue weighted by Gasteiger charge is -2.23. The molecule has 2 atom stereocenters. The van der Waals surface area contributed by atoms with Gasteiger partial charge in [0.2, 0.25) is 5.91 Å². The van der Waals surface area contributed by atoms with Crippen molar-refractivity contribution in [1.29, 1.82) is 0 Å². The molecule has 1 amide bonds. The molecule has 188 valence electrons. The molecular formula is C28H42N2O4. The van der Waals surface area contributed by atoms with Gasteiger partial charge in [-0.1, -0.05) is 46.8 Å². The number of nitrogens with zero attached hydrogens (tertiary/aromatic N) is 1. The maximum atomic E-state index is 13.6. The summed E-state index contributed by atoms with van der Waals surface area (Å²) in [6.45, 7) is 10.6. The SMILES string of the molecule is COc1ccc(C2(C(=O)Nc3ccc4c(c3)cc(C(C)(C)C)n4C[C@@H](O)CO)CC2(C)C)cc1.[HH].[HH].[HH]. The average Bonchev–Trinajstić information content (AvgIpc) is 3.20. The van der Waals surface area contributed by atoms with Crippen LogP contribution < -0.4 is 10.1 Å². The molecule has 1 aromatic heterocycles. The summed E-state index contributed by atoms with van der Waals surface area (Å²) in [6, 6.07) is 15.8. The molecule has 6 nitrogen and oxygen atoms in total. The van der Waals surface area contributed by atoms with E-state index >= 15 is 0 Å². The molecule has 0 saturated heterocycles. The summed E-state index contributed by atoms with van der Waals surface area (Å²) >= 11 is 0. The van der Waals surface area contributed by atoms with Crippen LogP contribution in [0.1, 0.15) is 56.6 Å². The fourth-order valence-corrected chi connectivity index (χ4v) is 5.18. The lowest BCUT2D eigenvalue weighted by Crippen LogP contribution is -2.32. The van der Waals surface area contributed by atoms with Crippen LogP contribution in [-0.4, -0.2) is 40.5 Å². The highest BCUT2D eigenvalue weighted by Gasteiger charge is 2.67. The number of amides is 1. The third-order valence-corrected chi connectivity index (χ3v) is 7.24. The van der Waals surface area contributed by atoms with E-state index < -0.39 is 11.5 Å². The highest BCUT2D eigenvalue weighted by atomic mass is 16.5. The van der Waals surface area contributed by atoms with Crippen LogP contribution >= 0.6 is 0 Å². The second kappa shape index (κ2) is 8.43. The summed E-state index contributed by atoms with van der Waals surface area (Å²) in [5.74, 6) is 0.766. The minimum Gasteiger partial charge on any atom is -0.497 e. The molecule has 1 heterocycles. The smallest absolute Gasteiger partial charge is 0.235 e. The van der Waals surface area contributed by atoms with Gasteiger partial charge in [-0.15, -0.1) is 0 Å². The first kappa shape index (κ1) is 24.3. The van der Waals surface area contributed by atoms with E-state index in [0.29, 0.717) is 6.54 Å². The molecule has 6 heteroatoms. The summed E-state index contributed by atoms with van der Waals surface area (Å²) in [5.41, 5.74) is 2.91. The Morgan fingerprint density at radius 3 is 2.35 bits per heavy atom. The van der Waals surface area contributed by atoms with Crippen molar-refractivity contribution in [3.63, 3.8) is 0 Å². The van der Waals surface area contributed by atoms with E-state index in [0.717, 1.165) is 40.0 Å². The van der Waals surface area contributed by atoms with E-state index in [4.69, 9.17) is 4.74 Å². The Kier molecular flexibility index (Phi) is 6.03. The van der Waals surface area contributed by atoms with Crippen molar-refractivity contribution in [2.24, 2.45) is 5.41 Å². The first-order chi connectivity index (χ1) is 15.9. The van der Waals surface area contributed by atoms with Crippen molar-refractivity contribution in [3.8, 4) is 5.75 Å². The number of carbonyl (C=O) groups is 1. The van der Waals surface area contributed by atoms with E-state index in [1.54, 1.807) is 7.11 Å². The van der Waals surface area contributed by atoms with Gasteiger partial charge in [0.15, 0.2) is 0 Å². The van der Waals surface area contributed by atoms with E-state index in [-0.39, 0.29) is 27.6 Å². The predicted octanol–water partition coefficient (Wildman–Crippen LogP) is 5.35. The fraction of sp³-hybridized carbons (Fsp3) is 0.464. The van der Waals surface area contributed by atoms with Crippen LogP contribution in [0, 0.1) is 5.41 Å². The van der Waals surface area contributed by atoms with E-state index in [2.05, 4.69) is 50.6 Å². The number of hydrogen-bond donors (Lipinski definition) is 3. The summed E-state index contributed by atoms with van der Waals surface area (Å²) in [6.07, 6.45) is -0.0539. The number of rotatable bonds is 7. The molecule has 34 heavy (non-hydrogen) atoms. The van der Waals surface area contributed by atoms with Gasteiger partial charge in [0.25, 0.3) is 0 Å². The van der Waals surface area contributed by atoms with E-state index in [1.807, 2.05) is 42.5 Å². The van der Waals surface area contributed by atoms with Gasteiger partial charge in [0, 0.05) is 32.0 Å². The maximum Gasteiger partial charge on any atom is 0.235 e. The maximum absolute atomic E-state index is 13.6. The van der Waals surface area contributed by atoms with Crippen LogP contribution in [0.2, 0.25) is 0 Å². The molecule has 0 spiro atoms. The van der Waals surface area contributed by atoms with Crippen molar-refractivity contribution in [3.05, 3.63) is 59.8 Å². The molecule has 4 rings (SSSR count). The number of carbonyl (C=O) groups excluding carboxylic acids is 1. The minimum absolute atomic E-state index is 0. The Bertz CT molecular complexity index is 1220. The zero-order chi connectivity index (χ0) is 24.9. The molecule has 3 N–H and O–H groups in total.